The van der Waals surface area contributed by atoms with Crippen LogP contribution in [0.1, 0.15) is 12.8 Å². The summed E-state index contributed by atoms with van der Waals surface area (Å²) in [6.45, 7) is 4.45. The highest BCUT2D eigenvalue weighted by atomic mass is 15.3. The van der Waals surface area contributed by atoms with E-state index >= 15 is 0 Å². The number of nitrogens with one attached hydrogen (secondary N) is 1. The number of nitrogen functional groups attached to an aromatic ring is 1. The van der Waals surface area contributed by atoms with Gasteiger partial charge in [0.05, 0.1) is 5.52 Å². The summed E-state index contributed by atoms with van der Waals surface area (Å²) in [5, 5.41) is 1.06. The van der Waals surface area contributed by atoms with E-state index in [-0.39, 0.29) is 0 Å². The number of hydrogen-bond acceptors (Lipinski definition) is 6. The van der Waals surface area contributed by atoms with E-state index in [1.807, 2.05) is 18.2 Å². The molecule has 1 aliphatic heterocycles. The van der Waals surface area contributed by atoms with Crippen LogP contribution in [0.4, 0.5) is 11.8 Å². The number of benzene rings is 1. The van der Waals surface area contributed by atoms with Crippen LogP contribution in [0.2, 0.25) is 0 Å². The van der Waals surface area contributed by atoms with Crippen LogP contribution in [0.3, 0.4) is 0 Å². The second-order valence-corrected chi connectivity index (χ2v) is 5.50. The van der Waals surface area contributed by atoms with Crippen molar-refractivity contribution in [3.8, 4) is 0 Å². The van der Waals surface area contributed by atoms with E-state index in [0.29, 0.717) is 5.95 Å². The van der Waals surface area contributed by atoms with Crippen LogP contribution in [-0.2, 0) is 0 Å². The van der Waals surface area contributed by atoms with Crippen LogP contribution in [0, 0.1) is 0 Å². The highest BCUT2D eigenvalue weighted by molar-refractivity contribution is 5.90. The second kappa shape index (κ2) is 6.24. The van der Waals surface area contributed by atoms with Gasteiger partial charge in [-0.15, -0.1) is 0 Å². The van der Waals surface area contributed by atoms with Crippen LogP contribution in [-0.4, -0.2) is 48.1 Å². The summed E-state index contributed by atoms with van der Waals surface area (Å²) in [6.07, 6.45) is 2.64. The molecule has 2 heterocycles. The Balaban J connectivity index is 1.83. The van der Waals surface area contributed by atoms with Crippen LogP contribution < -0.4 is 16.2 Å². The maximum Gasteiger partial charge on any atom is 0.239 e. The molecule has 0 spiro atoms. The van der Waals surface area contributed by atoms with Gasteiger partial charge >= 0.3 is 0 Å². The number of nitrogens with two attached hydrogens (primary N) is 1. The first-order valence-corrected chi connectivity index (χ1v) is 7.45. The lowest BCUT2D eigenvalue weighted by atomic mass is 10.2. The highest BCUT2D eigenvalue weighted by Gasteiger charge is 2.14. The average Bonchev–Trinajstić information content (AvgIpc) is 3.05. The molecule has 1 saturated heterocycles. The van der Waals surface area contributed by atoms with Crippen molar-refractivity contribution in [2.75, 3.05) is 43.6 Å². The second-order valence-electron chi connectivity index (χ2n) is 5.50. The van der Waals surface area contributed by atoms with Gasteiger partial charge in [-0.1, -0.05) is 12.1 Å². The van der Waals surface area contributed by atoms with E-state index in [0.717, 1.165) is 29.8 Å². The number of hydrazine groups is 1. The van der Waals surface area contributed by atoms with Gasteiger partial charge in [0, 0.05) is 25.5 Å². The van der Waals surface area contributed by atoms with Gasteiger partial charge in [0.25, 0.3) is 0 Å². The summed E-state index contributed by atoms with van der Waals surface area (Å²) >= 11 is 0. The molecule has 0 amide bonds. The van der Waals surface area contributed by atoms with E-state index in [1.165, 1.54) is 25.9 Å². The Labute approximate surface area is 124 Å². The zero-order valence-electron chi connectivity index (χ0n) is 12.4. The third-order valence-corrected chi connectivity index (χ3v) is 4.02. The monoisotopic (exact) mass is 286 g/mol. The van der Waals surface area contributed by atoms with Gasteiger partial charge in [-0.2, -0.15) is 4.98 Å². The smallest absolute Gasteiger partial charge is 0.239 e. The van der Waals surface area contributed by atoms with Crippen LogP contribution >= 0.6 is 0 Å². The summed E-state index contributed by atoms with van der Waals surface area (Å²) in [5.74, 6) is 6.86. The van der Waals surface area contributed by atoms with Crippen LogP contribution in [0.25, 0.3) is 10.9 Å². The minimum absolute atomic E-state index is 0.455. The van der Waals surface area contributed by atoms with Crippen LogP contribution in [0.15, 0.2) is 24.3 Å². The lowest BCUT2D eigenvalue weighted by Gasteiger charge is -2.23. The third-order valence-electron chi connectivity index (χ3n) is 4.02. The van der Waals surface area contributed by atoms with Crippen molar-refractivity contribution in [2.45, 2.75) is 12.8 Å². The van der Waals surface area contributed by atoms with E-state index in [2.05, 4.69) is 38.3 Å². The van der Waals surface area contributed by atoms with Crippen molar-refractivity contribution in [2.24, 2.45) is 5.84 Å². The minimum atomic E-state index is 0.455. The Hall–Kier alpha value is -1.92. The maximum atomic E-state index is 5.48. The van der Waals surface area contributed by atoms with E-state index in [1.54, 1.807) is 0 Å². The van der Waals surface area contributed by atoms with Gasteiger partial charge in [-0.05, 0) is 38.1 Å². The number of rotatable bonds is 5. The quantitative estimate of drug-likeness (QED) is 0.640. The molecule has 21 heavy (non-hydrogen) atoms. The molecule has 0 saturated carbocycles. The van der Waals surface area contributed by atoms with Crippen LogP contribution in [0.5, 0.6) is 0 Å². The molecule has 0 radical (unpaired) electrons. The summed E-state index contributed by atoms with van der Waals surface area (Å²) in [6, 6.07) is 8.02. The molecule has 6 heteroatoms. The molecular formula is C15H22N6. The fraction of sp³-hybridized carbons (Fsp3) is 0.467. The number of para-hydroxylation sites is 1. The Kier molecular flexibility index (Phi) is 4.17. The third kappa shape index (κ3) is 3.06. The maximum absolute atomic E-state index is 5.48. The van der Waals surface area contributed by atoms with E-state index in [4.69, 9.17) is 5.84 Å². The van der Waals surface area contributed by atoms with Gasteiger partial charge in [0.2, 0.25) is 5.95 Å². The lowest BCUT2D eigenvalue weighted by molar-refractivity contribution is 0.346. The summed E-state index contributed by atoms with van der Waals surface area (Å²) in [5.41, 5.74) is 3.46. The van der Waals surface area contributed by atoms with Gasteiger partial charge < -0.3 is 9.80 Å². The SMILES string of the molecule is CN(CCN1CCCC1)c1nc(NN)nc2ccccc12. The van der Waals surface area contributed by atoms with Crippen molar-refractivity contribution >= 4 is 22.7 Å². The highest BCUT2D eigenvalue weighted by Crippen LogP contribution is 2.24. The largest absolute Gasteiger partial charge is 0.358 e. The molecule has 0 bridgehead atoms. The number of anilines is 2. The molecule has 3 rings (SSSR count). The topological polar surface area (TPSA) is 70.3 Å². The Morgan fingerprint density at radius 2 is 2.00 bits per heavy atom. The lowest BCUT2D eigenvalue weighted by Crippen LogP contribution is -2.32. The predicted molar refractivity (Wildman–Crippen MR) is 86.3 cm³/mol. The number of hydrogen-bond donors (Lipinski definition) is 2. The summed E-state index contributed by atoms with van der Waals surface area (Å²) in [4.78, 5) is 13.6. The van der Waals surface area contributed by atoms with Gasteiger partial charge in [-0.25, -0.2) is 10.8 Å². The number of fused-ring (bicyclic) bond motifs is 1. The summed E-state index contributed by atoms with van der Waals surface area (Å²) < 4.78 is 0. The standard InChI is InChI=1S/C15H22N6/c1-20(10-11-21-8-4-5-9-21)14-12-6-2-3-7-13(12)17-15(18-14)19-16/h2-3,6-7H,4-5,8-11,16H2,1H3,(H,17,18,19). The number of aromatic nitrogens is 2. The molecule has 112 valence electrons. The van der Waals surface area contributed by atoms with Gasteiger partial charge in [-0.3, -0.25) is 5.43 Å². The first kappa shape index (κ1) is 14.0. The number of nitrogens with zero attached hydrogens (tertiary/aromatic N) is 4. The Morgan fingerprint density at radius 1 is 1.24 bits per heavy atom. The zero-order valence-corrected chi connectivity index (χ0v) is 12.4. The van der Waals surface area contributed by atoms with Crippen molar-refractivity contribution < 1.29 is 0 Å². The zero-order chi connectivity index (χ0) is 14.7. The van der Waals surface area contributed by atoms with E-state index in [9.17, 15) is 0 Å². The summed E-state index contributed by atoms with van der Waals surface area (Å²) in [7, 11) is 2.07. The van der Waals surface area contributed by atoms with Crippen molar-refractivity contribution in [3.05, 3.63) is 24.3 Å². The molecule has 1 aromatic heterocycles. The molecular weight excluding hydrogens is 264 g/mol. The first-order valence-electron chi connectivity index (χ1n) is 7.45. The average molecular weight is 286 g/mol. The van der Waals surface area contributed by atoms with Crippen molar-refractivity contribution in [1.29, 1.82) is 0 Å². The first-order chi connectivity index (χ1) is 10.3. The van der Waals surface area contributed by atoms with Crippen molar-refractivity contribution in [3.63, 3.8) is 0 Å². The number of likely N-dealkylation sites (tertiary alicyclic amines) is 1. The molecule has 2 aromatic rings. The molecule has 0 atom stereocenters. The molecule has 3 N–H and O–H groups in total. The van der Waals surface area contributed by atoms with Gasteiger partial charge in [0.15, 0.2) is 0 Å². The molecule has 1 aliphatic rings. The molecule has 1 fully saturated rings. The fourth-order valence-electron chi connectivity index (χ4n) is 2.82. The fourth-order valence-corrected chi connectivity index (χ4v) is 2.82. The Morgan fingerprint density at radius 3 is 2.76 bits per heavy atom. The Bertz CT molecular complexity index is 608. The minimum Gasteiger partial charge on any atom is -0.358 e. The molecule has 6 nitrogen and oxygen atoms in total. The van der Waals surface area contributed by atoms with E-state index < -0.39 is 0 Å². The van der Waals surface area contributed by atoms with Gasteiger partial charge in [0.1, 0.15) is 5.82 Å². The van der Waals surface area contributed by atoms with Crippen molar-refractivity contribution in [1.82, 2.24) is 14.9 Å². The molecule has 0 unspecified atom stereocenters. The normalized spacial score (nSPS) is 15.5. The molecule has 0 aliphatic carbocycles. The number of likely N-dealkylation sites (N-methyl/N-ethyl adjacent to an activating group) is 1. The molecule has 1 aromatic carbocycles. The predicted octanol–water partition coefficient (Wildman–Crippen LogP) is 1.45.